The van der Waals surface area contributed by atoms with Crippen molar-refractivity contribution in [3.8, 4) is 5.75 Å². The second kappa shape index (κ2) is 7.89. The maximum atomic E-state index is 9.93. The van der Waals surface area contributed by atoms with Crippen LogP contribution in [0.15, 0.2) is 30.4 Å². The van der Waals surface area contributed by atoms with Gasteiger partial charge in [-0.2, -0.15) is 0 Å². The Morgan fingerprint density at radius 1 is 1.30 bits per heavy atom. The molecule has 0 saturated carbocycles. The summed E-state index contributed by atoms with van der Waals surface area (Å²) in [5.74, 6) is 0.426. The van der Waals surface area contributed by atoms with Crippen molar-refractivity contribution in [2.24, 2.45) is 0 Å². The molecule has 5 heteroatoms. The number of halogens is 2. The number of hydrogen-bond donors (Lipinski definition) is 2. The van der Waals surface area contributed by atoms with Crippen molar-refractivity contribution < 1.29 is 9.84 Å². The third-order valence-corrected chi connectivity index (χ3v) is 3.85. The van der Waals surface area contributed by atoms with Crippen LogP contribution in [0.4, 0.5) is 0 Å². The predicted molar refractivity (Wildman–Crippen MR) is 82.7 cm³/mol. The smallest absolute Gasteiger partial charge is 0.156 e. The molecule has 1 aliphatic rings. The van der Waals surface area contributed by atoms with Gasteiger partial charge in [0.15, 0.2) is 5.75 Å². The molecule has 0 amide bonds. The van der Waals surface area contributed by atoms with E-state index in [4.69, 9.17) is 27.9 Å². The Balaban J connectivity index is 1.74. The standard InChI is InChI=1S/C15H19Cl2NO2/c16-13-7-4-8-14(17)15(13)20-10-12(19)9-18-11-5-2-1-3-6-11/h1-2,4,7-8,11-12,18-19H,3,5-6,9-10H2. The van der Waals surface area contributed by atoms with Crippen molar-refractivity contribution >= 4 is 23.2 Å². The molecule has 1 aliphatic carbocycles. The highest BCUT2D eigenvalue weighted by Crippen LogP contribution is 2.32. The van der Waals surface area contributed by atoms with Gasteiger partial charge in [-0.05, 0) is 31.4 Å². The molecule has 2 N–H and O–H groups in total. The molecule has 3 nitrogen and oxygen atoms in total. The molecule has 0 aromatic heterocycles. The maximum absolute atomic E-state index is 9.93. The summed E-state index contributed by atoms with van der Waals surface area (Å²) in [7, 11) is 0. The normalized spacial score (nSPS) is 19.9. The van der Waals surface area contributed by atoms with Gasteiger partial charge in [-0.1, -0.05) is 41.4 Å². The van der Waals surface area contributed by atoms with E-state index < -0.39 is 6.10 Å². The van der Waals surface area contributed by atoms with E-state index in [1.54, 1.807) is 18.2 Å². The van der Waals surface area contributed by atoms with Gasteiger partial charge in [0, 0.05) is 12.6 Å². The molecule has 2 atom stereocenters. The van der Waals surface area contributed by atoms with Crippen LogP contribution in [-0.4, -0.2) is 30.4 Å². The van der Waals surface area contributed by atoms with Crippen LogP contribution >= 0.6 is 23.2 Å². The number of ether oxygens (including phenoxy) is 1. The highest BCUT2D eigenvalue weighted by atomic mass is 35.5. The van der Waals surface area contributed by atoms with Crippen LogP contribution in [0.2, 0.25) is 10.0 Å². The zero-order valence-electron chi connectivity index (χ0n) is 11.2. The monoisotopic (exact) mass is 315 g/mol. The number of rotatable bonds is 6. The molecule has 1 aromatic carbocycles. The van der Waals surface area contributed by atoms with Crippen molar-refractivity contribution in [2.75, 3.05) is 13.2 Å². The number of benzene rings is 1. The van der Waals surface area contributed by atoms with Crippen LogP contribution in [0, 0.1) is 0 Å². The SMILES string of the molecule is OC(CNC1CC=CCC1)COc1c(Cl)cccc1Cl. The van der Waals surface area contributed by atoms with Crippen LogP contribution in [0.25, 0.3) is 0 Å². The number of allylic oxidation sites excluding steroid dienone is 1. The Morgan fingerprint density at radius 3 is 2.70 bits per heavy atom. The molecule has 2 rings (SSSR count). The summed E-state index contributed by atoms with van der Waals surface area (Å²) >= 11 is 12.0. The van der Waals surface area contributed by atoms with Gasteiger partial charge in [0.25, 0.3) is 0 Å². The van der Waals surface area contributed by atoms with Gasteiger partial charge >= 0.3 is 0 Å². The van der Waals surface area contributed by atoms with Gasteiger partial charge < -0.3 is 15.2 Å². The van der Waals surface area contributed by atoms with E-state index in [0.29, 0.717) is 28.4 Å². The van der Waals surface area contributed by atoms with Crippen LogP contribution < -0.4 is 10.1 Å². The zero-order valence-corrected chi connectivity index (χ0v) is 12.7. The molecule has 0 saturated heterocycles. The van der Waals surface area contributed by atoms with Gasteiger partial charge in [0.2, 0.25) is 0 Å². The summed E-state index contributed by atoms with van der Waals surface area (Å²) in [6.45, 7) is 0.666. The van der Waals surface area contributed by atoms with Gasteiger partial charge in [0.1, 0.15) is 12.7 Å². The first-order valence-corrected chi connectivity index (χ1v) is 7.55. The van der Waals surface area contributed by atoms with Crippen LogP contribution in [0.3, 0.4) is 0 Å². The number of aliphatic hydroxyl groups is 1. The van der Waals surface area contributed by atoms with E-state index in [2.05, 4.69) is 17.5 Å². The van der Waals surface area contributed by atoms with E-state index in [1.165, 1.54) is 0 Å². The van der Waals surface area contributed by atoms with Crippen molar-refractivity contribution in [3.05, 3.63) is 40.4 Å². The van der Waals surface area contributed by atoms with Crippen molar-refractivity contribution in [2.45, 2.75) is 31.4 Å². The number of aliphatic hydroxyl groups excluding tert-OH is 1. The van der Waals surface area contributed by atoms with Crippen LogP contribution in [0.1, 0.15) is 19.3 Å². The van der Waals surface area contributed by atoms with Crippen LogP contribution in [-0.2, 0) is 0 Å². The molecule has 0 spiro atoms. The summed E-state index contributed by atoms with van der Waals surface area (Å²) in [6, 6.07) is 5.62. The largest absolute Gasteiger partial charge is 0.488 e. The van der Waals surface area contributed by atoms with Gasteiger partial charge in [-0.25, -0.2) is 0 Å². The molecular weight excluding hydrogens is 297 g/mol. The number of nitrogens with one attached hydrogen (secondary N) is 1. The lowest BCUT2D eigenvalue weighted by atomic mass is 10.0. The van der Waals surface area contributed by atoms with Crippen molar-refractivity contribution in [1.82, 2.24) is 5.32 Å². The molecule has 0 fully saturated rings. The Kier molecular flexibility index (Phi) is 6.17. The average molecular weight is 316 g/mol. The molecule has 110 valence electrons. The first kappa shape index (κ1) is 15.6. The highest BCUT2D eigenvalue weighted by Gasteiger charge is 2.13. The predicted octanol–water partition coefficient (Wildman–Crippen LogP) is 3.43. The van der Waals surface area contributed by atoms with Gasteiger partial charge in [-0.15, -0.1) is 0 Å². The Morgan fingerprint density at radius 2 is 2.05 bits per heavy atom. The minimum Gasteiger partial charge on any atom is -0.488 e. The highest BCUT2D eigenvalue weighted by molar-refractivity contribution is 6.37. The third-order valence-electron chi connectivity index (χ3n) is 3.25. The molecule has 0 bridgehead atoms. The molecule has 0 radical (unpaired) electrons. The lowest BCUT2D eigenvalue weighted by Crippen LogP contribution is -2.38. The summed E-state index contributed by atoms with van der Waals surface area (Å²) in [4.78, 5) is 0. The quantitative estimate of drug-likeness (QED) is 0.790. The fourth-order valence-electron chi connectivity index (χ4n) is 2.14. The van der Waals surface area contributed by atoms with E-state index in [0.717, 1.165) is 19.3 Å². The minimum atomic E-state index is -0.590. The molecule has 0 aliphatic heterocycles. The third kappa shape index (κ3) is 4.67. The topological polar surface area (TPSA) is 41.5 Å². The summed E-state index contributed by atoms with van der Waals surface area (Å²) in [6.07, 6.45) is 7.00. The summed E-state index contributed by atoms with van der Waals surface area (Å²) < 4.78 is 5.50. The van der Waals surface area contributed by atoms with Gasteiger partial charge in [-0.3, -0.25) is 0 Å². The number of hydrogen-bond acceptors (Lipinski definition) is 3. The molecule has 1 aromatic rings. The van der Waals surface area contributed by atoms with Crippen molar-refractivity contribution in [1.29, 1.82) is 0 Å². The Labute approximate surface area is 129 Å². The van der Waals surface area contributed by atoms with Gasteiger partial charge in [0.05, 0.1) is 10.0 Å². The van der Waals surface area contributed by atoms with Crippen molar-refractivity contribution in [3.63, 3.8) is 0 Å². The lowest BCUT2D eigenvalue weighted by Gasteiger charge is -2.21. The average Bonchev–Trinajstić information content (AvgIpc) is 2.46. The maximum Gasteiger partial charge on any atom is 0.156 e. The van der Waals surface area contributed by atoms with E-state index in [-0.39, 0.29) is 6.61 Å². The fraction of sp³-hybridized carbons (Fsp3) is 0.467. The Hall–Kier alpha value is -0.740. The zero-order chi connectivity index (χ0) is 14.4. The first-order chi connectivity index (χ1) is 9.66. The minimum absolute atomic E-state index is 0.166. The molecule has 20 heavy (non-hydrogen) atoms. The lowest BCUT2D eigenvalue weighted by molar-refractivity contribution is 0.103. The second-order valence-electron chi connectivity index (χ2n) is 4.91. The first-order valence-electron chi connectivity index (χ1n) is 6.80. The molecule has 0 heterocycles. The van der Waals surface area contributed by atoms with E-state index in [1.807, 2.05) is 0 Å². The van der Waals surface area contributed by atoms with E-state index in [9.17, 15) is 5.11 Å². The Bertz CT molecular complexity index is 445. The number of para-hydroxylation sites is 1. The molecule has 2 unspecified atom stereocenters. The second-order valence-corrected chi connectivity index (χ2v) is 5.72. The van der Waals surface area contributed by atoms with E-state index >= 15 is 0 Å². The summed E-state index contributed by atoms with van der Waals surface area (Å²) in [5.41, 5.74) is 0. The van der Waals surface area contributed by atoms with Crippen LogP contribution in [0.5, 0.6) is 5.75 Å². The fourth-order valence-corrected chi connectivity index (χ4v) is 2.65. The summed E-state index contributed by atoms with van der Waals surface area (Å²) in [5, 5.41) is 14.2. The molecular formula is C15H19Cl2NO2.